The van der Waals surface area contributed by atoms with Gasteiger partial charge < -0.3 is 24.0 Å². The molecule has 12 heavy (non-hydrogen) atoms. The summed E-state index contributed by atoms with van der Waals surface area (Å²) in [5, 5.41) is 4.00. The molecule has 0 bridgehead atoms. The van der Waals surface area contributed by atoms with E-state index in [0.29, 0.717) is 0 Å². The summed E-state index contributed by atoms with van der Waals surface area (Å²) in [7, 11) is 1.87. The van der Waals surface area contributed by atoms with Crippen molar-refractivity contribution in [2.75, 3.05) is 5.84 Å². The third kappa shape index (κ3) is 1.24. The summed E-state index contributed by atoms with van der Waals surface area (Å²) in [5.74, 6) is 5.56. The van der Waals surface area contributed by atoms with Crippen molar-refractivity contribution in [2.45, 2.75) is 0 Å². The molecule has 0 saturated carbocycles. The second-order valence-corrected chi connectivity index (χ2v) is 2.45. The van der Waals surface area contributed by atoms with E-state index in [2.05, 4.69) is 5.21 Å². The minimum absolute atomic E-state index is 0. The van der Waals surface area contributed by atoms with E-state index in [-0.39, 0.29) is 24.0 Å². The molecule has 2 rings (SSSR count). The molecule has 0 saturated heterocycles. The molecule has 0 atom stereocenters. The van der Waals surface area contributed by atoms with Crippen LogP contribution in [0.25, 0.3) is 11.0 Å². The van der Waals surface area contributed by atoms with E-state index in [1.807, 2.05) is 31.3 Å². The van der Waals surface area contributed by atoms with Gasteiger partial charge >= 0.3 is 0 Å². The van der Waals surface area contributed by atoms with Gasteiger partial charge in [0.15, 0.2) is 0 Å². The second-order valence-electron chi connectivity index (χ2n) is 2.45. The van der Waals surface area contributed by atoms with Crippen LogP contribution < -0.4 is 34.5 Å². The average molecular weight is 276 g/mol. The van der Waals surface area contributed by atoms with Gasteiger partial charge in [-0.05, 0) is 16.9 Å². The van der Waals surface area contributed by atoms with E-state index in [1.165, 1.54) is 4.79 Å². The minimum atomic E-state index is 0. The Morgan fingerprint density at radius 3 is 2.75 bits per heavy atom. The van der Waals surface area contributed by atoms with Crippen LogP contribution in [0.5, 0.6) is 0 Å². The summed E-state index contributed by atoms with van der Waals surface area (Å²) in [6.45, 7) is 0. The van der Waals surface area contributed by atoms with Crippen LogP contribution in [0.3, 0.4) is 0 Å². The highest BCUT2D eigenvalue weighted by atomic mass is 127. The highest BCUT2D eigenvalue weighted by molar-refractivity contribution is 5.70. The molecule has 1 aromatic carbocycles. The van der Waals surface area contributed by atoms with Crippen molar-refractivity contribution in [1.82, 2.24) is 10.0 Å². The molecule has 2 N–H and O–H groups in total. The van der Waals surface area contributed by atoms with Crippen LogP contribution in [-0.2, 0) is 7.05 Å². The molecule has 5 heteroatoms. The van der Waals surface area contributed by atoms with Crippen LogP contribution in [0.2, 0.25) is 0 Å². The van der Waals surface area contributed by atoms with Crippen LogP contribution >= 0.6 is 0 Å². The van der Waals surface area contributed by atoms with Crippen molar-refractivity contribution in [2.24, 2.45) is 7.05 Å². The molecule has 0 aliphatic rings. The van der Waals surface area contributed by atoms with Crippen molar-refractivity contribution in [3.63, 3.8) is 0 Å². The van der Waals surface area contributed by atoms with Crippen molar-refractivity contribution in [3.05, 3.63) is 24.3 Å². The molecular formula is C7H9IN4. The third-order valence-corrected chi connectivity index (χ3v) is 1.71. The Morgan fingerprint density at radius 2 is 2.08 bits per heavy atom. The highest BCUT2D eigenvalue weighted by Crippen LogP contribution is 2.04. The molecular weight excluding hydrogens is 267 g/mol. The zero-order valence-electron chi connectivity index (χ0n) is 6.61. The molecule has 0 aliphatic heterocycles. The molecule has 2 aromatic rings. The standard InChI is InChI=1S/C7H9N4.HI/c1-10-6-4-2-3-5-7(6)11(8)9-10;/h2-5H,1H3,(H2,8,9);1H/q+1;/p-1. The molecule has 1 heterocycles. The molecule has 64 valence electrons. The first-order chi connectivity index (χ1) is 5.29. The first-order valence-electron chi connectivity index (χ1n) is 3.38. The van der Waals surface area contributed by atoms with E-state index in [9.17, 15) is 0 Å². The van der Waals surface area contributed by atoms with Gasteiger partial charge in [0.2, 0.25) is 11.0 Å². The Kier molecular flexibility index (Phi) is 2.51. The Balaban J connectivity index is 0.000000720. The first kappa shape index (κ1) is 9.24. The number of nitrogen functional groups attached to an aromatic ring is 1. The number of rotatable bonds is 0. The van der Waals surface area contributed by atoms with Crippen LogP contribution in [0, 0.1) is 0 Å². The van der Waals surface area contributed by atoms with Crippen molar-refractivity contribution in [1.29, 1.82) is 0 Å². The fourth-order valence-corrected chi connectivity index (χ4v) is 1.17. The maximum absolute atomic E-state index is 5.56. The van der Waals surface area contributed by atoms with Gasteiger partial charge in [-0.25, -0.2) is 5.84 Å². The number of halogens is 1. The monoisotopic (exact) mass is 276 g/mol. The number of nitrogens with two attached hydrogens (primary N) is 1. The Hall–Kier alpha value is -0.850. The van der Waals surface area contributed by atoms with Gasteiger partial charge in [0.1, 0.15) is 12.3 Å². The van der Waals surface area contributed by atoms with Gasteiger partial charge in [-0.15, -0.1) is 4.68 Å². The normalized spacial score (nSPS) is 9.75. The molecule has 0 radical (unpaired) electrons. The Labute approximate surface area is 86.9 Å². The summed E-state index contributed by atoms with van der Waals surface area (Å²) in [4.78, 5) is 1.37. The van der Waals surface area contributed by atoms with Gasteiger partial charge in [-0.2, -0.15) is 0 Å². The number of hydrogen-bond donors (Lipinski definition) is 1. The third-order valence-electron chi connectivity index (χ3n) is 1.71. The van der Waals surface area contributed by atoms with E-state index >= 15 is 0 Å². The predicted molar refractivity (Wildman–Crippen MR) is 41.1 cm³/mol. The molecule has 0 amide bonds. The van der Waals surface area contributed by atoms with E-state index in [0.717, 1.165) is 11.0 Å². The zero-order valence-corrected chi connectivity index (χ0v) is 8.76. The molecule has 1 aromatic heterocycles. The fraction of sp³-hybridized carbons (Fsp3) is 0.143. The van der Waals surface area contributed by atoms with Crippen LogP contribution in [0.15, 0.2) is 24.3 Å². The highest BCUT2D eigenvalue weighted by Gasteiger charge is 2.10. The van der Waals surface area contributed by atoms with Gasteiger partial charge in [0, 0.05) is 0 Å². The lowest BCUT2D eigenvalue weighted by Crippen LogP contribution is -3.00. The van der Waals surface area contributed by atoms with Crippen LogP contribution in [0.1, 0.15) is 0 Å². The number of nitrogens with zero attached hydrogens (tertiary/aromatic N) is 3. The average Bonchev–Trinajstić information content (AvgIpc) is 2.30. The van der Waals surface area contributed by atoms with E-state index in [4.69, 9.17) is 5.84 Å². The lowest BCUT2D eigenvalue weighted by atomic mass is 10.3. The second kappa shape index (κ2) is 3.26. The smallest absolute Gasteiger partial charge is 0.227 e. The lowest BCUT2D eigenvalue weighted by molar-refractivity contribution is -0.708. The number of para-hydroxylation sites is 2. The van der Waals surface area contributed by atoms with Crippen LogP contribution in [-0.4, -0.2) is 10.0 Å². The summed E-state index contributed by atoms with van der Waals surface area (Å²) in [5.41, 5.74) is 1.98. The molecule has 0 unspecified atom stereocenters. The first-order valence-corrected chi connectivity index (χ1v) is 3.38. The fourth-order valence-electron chi connectivity index (χ4n) is 1.17. The maximum atomic E-state index is 5.56. The molecule has 4 nitrogen and oxygen atoms in total. The number of aromatic nitrogens is 3. The Bertz CT molecular complexity index is 359. The van der Waals surface area contributed by atoms with Crippen molar-refractivity contribution >= 4 is 11.0 Å². The number of fused-ring (bicyclic) bond motifs is 1. The minimum Gasteiger partial charge on any atom is -1.00 e. The summed E-state index contributed by atoms with van der Waals surface area (Å²) in [6.07, 6.45) is 0. The SMILES string of the molecule is C[n+]1nn(N)c2ccccc21.[I-]. The summed E-state index contributed by atoms with van der Waals surface area (Å²) in [6, 6.07) is 7.81. The largest absolute Gasteiger partial charge is 1.00 e. The van der Waals surface area contributed by atoms with Gasteiger partial charge in [-0.1, -0.05) is 12.1 Å². The van der Waals surface area contributed by atoms with Gasteiger partial charge in [0.05, 0.1) is 0 Å². The number of benzene rings is 1. The van der Waals surface area contributed by atoms with Gasteiger partial charge in [0.25, 0.3) is 0 Å². The molecule has 0 aliphatic carbocycles. The number of hydrogen-bond acceptors (Lipinski definition) is 2. The quantitative estimate of drug-likeness (QED) is 0.309. The maximum Gasteiger partial charge on any atom is 0.227 e. The van der Waals surface area contributed by atoms with Crippen LogP contribution in [0.4, 0.5) is 0 Å². The lowest BCUT2D eigenvalue weighted by Gasteiger charge is -1.80. The predicted octanol–water partition coefficient (Wildman–Crippen LogP) is -3.42. The summed E-state index contributed by atoms with van der Waals surface area (Å²) < 4.78 is 1.75. The zero-order chi connectivity index (χ0) is 7.84. The topological polar surface area (TPSA) is 47.7 Å². The number of aryl methyl sites for hydroxylation is 1. The molecule has 0 fully saturated rings. The van der Waals surface area contributed by atoms with E-state index < -0.39 is 0 Å². The Morgan fingerprint density at radius 1 is 1.42 bits per heavy atom. The summed E-state index contributed by atoms with van der Waals surface area (Å²) >= 11 is 0. The van der Waals surface area contributed by atoms with Crippen molar-refractivity contribution in [3.8, 4) is 0 Å². The van der Waals surface area contributed by atoms with E-state index in [1.54, 1.807) is 4.68 Å². The molecule has 0 spiro atoms. The van der Waals surface area contributed by atoms with Crippen molar-refractivity contribution < 1.29 is 28.7 Å². The van der Waals surface area contributed by atoms with Gasteiger partial charge in [-0.3, -0.25) is 0 Å².